The maximum absolute atomic E-state index is 12.7. The highest BCUT2D eigenvalue weighted by molar-refractivity contribution is 9.09. The minimum absolute atomic E-state index is 0.0690. The Kier molecular flexibility index (Phi) is 4.23. The number of Topliss-reactive ketones (excluding diaryl/α,β-unsaturated/α-hetero) is 2. The van der Waals surface area contributed by atoms with E-state index >= 15 is 0 Å². The molecule has 5 heteroatoms. The molecule has 0 N–H and O–H groups in total. The van der Waals surface area contributed by atoms with Crippen LogP contribution in [0, 0.1) is 0 Å². The van der Waals surface area contributed by atoms with Crippen molar-refractivity contribution in [2.24, 2.45) is 0 Å². The highest BCUT2D eigenvalue weighted by atomic mass is 79.9. The fourth-order valence-corrected chi connectivity index (χ4v) is 2.67. The number of carbonyl (C=O) groups excluding carboxylic acids is 3. The highest BCUT2D eigenvalue weighted by Crippen LogP contribution is 2.31. The van der Waals surface area contributed by atoms with Crippen LogP contribution in [0.25, 0.3) is 0 Å². The average molecular weight is 348 g/mol. The number of carbonyl (C=O) groups is 3. The number of fused-ring (bicyclic) bond motifs is 1. The molecule has 0 aliphatic heterocycles. The molecule has 4 nitrogen and oxygen atoms in total. The first kappa shape index (κ1) is 15.4. The molecule has 108 valence electrons. The summed E-state index contributed by atoms with van der Waals surface area (Å²) in [6.07, 6.45) is 0. The number of alkyl halides is 1. The molecule has 0 atom stereocenters. The zero-order valence-electron chi connectivity index (χ0n) is 11.8. The van der Waals surface area contributed by atoms with Crippen molar-refractivity contribution in [3.63, 3.8) is 0 Å². The second-order valence-electron chi connectivity index (χ2n) is 4.79. The van der Waals surface area contributed by atoms with Gasteiger partial charge in [-0.3, -0.25) is 14.4 Å². The summed E-state index contributed by atoms with van der Waals surface area (Å²) in [7, 11) is 1.49. The van der Waals surface area contributed by atoms with Gasteiger partial charge in [-0.1, -0.05) is 46.8 Å². The van der Waals surface area contributed by atoms with Crippen LogP contribution in [0.5, 0.6) is 0 Å². The summed E-state index contributed by atoms with van der Waals surface area (Å²) in [5.74, 6) is -0.911. The van der Waals surface area contributed by atoms with Crippen molar-refractivity contribution in [2.45, 2.75) is 6.92 Å². The standard InChI is InChI=1S/C16H14BrNO3/c1-9(2)13-14(18(3)12(19)8-17)16(21)11-7-5-4-6-10(11)15(13)20/h4-7H,1,8H2,2-3H3. The normalized spacial score (nSPS) is 14.0. The van der Waals surface area contributed by atoms with Crippen molar-refractivity contribution in [3.8, 4) is 0 Å². The summed E-state index contributed by atoms with van der Waals surface area (Å²) in [5, 5.41) is 0.0690. The summed E-state index contributed by atoms with van der Waals surface area (Å²) in [5.41, 5.74) is 1.43. The zero-order valence-corrected chi connectivity index (χ0v) is 13.4. The van der Waals surface area contributed by atoms with E-state index in [4.69, 9.17) is 0 Å². The first-order chi connectivity index (χ1) is 9.90. The van der Waals surface area contributed by atoms with E-state index in [1.165, 1.54) is 11.9 Å². The SMILES string of the molecule is C=C(C)C1=C(N(C)C(=O)CBr)C(=O)c2ccccc2C1=O. The maximum Gasteiger partial charge on any atom is 0.237 e. The van der Waals surface area contributed by atoms with E-state index in [0.717, 1.165) is 0 Å². The number of rotatable bonds is 3. The predicted molar refractivity (Wildman–Crippen MR) is 83.5 cm³/mol. The van der Waals surface area contributed by atoms with Gasteiger partial charge in [0.05, 0.1) is 10.9 Å². The molecule has 2 rings (SSSR count). The predicted octanol–water partition coefficient (Wildman–Crippen LogP) is 2.75. The lowest BCUT2D eigenvalue weighted by atomic mass is 9.84. The third-order valence-corrected chi connectivity index (χ3v) is 3.83. The summed E-state index contributed by atoms with van der Waals surface area (Å²) in [6.45, 7) is 5.43. The maximum atomic E-state index is 12.7. The topological polar surface area (TPSA) is 54.5 Å². The number of benzene rings is 1. The van der Waals surface area contributed by atoms with E-state index in [1.807, 2.05) is 0 Å². The minimum atomic E-state index is -0.333. The smallest absolute Gasteiger partial charge is 0.237 e. The number of nitrogens with zero attached hydrogens (tertiary/aromatic N) is 1. The second-order valence-corrected chi connectivity index (χ2v) is 5.35. The van der Waals surface area contributed by atoms with Crippen molar-refractivity contribution in [3.05, 3.63) is 58.8 Å². The molecular weight excluding hydrogens is 334 g/mol. The average Bonchev–Trinajstić information content (AvgIpc) is 2.48. The van der Waals surface area contributed by atoms with Crippen LogP contribution in [-0.4, -0.2) is 34.8 Å². The molecular formula is C16H14BrNO3. The fraction of sp³-hybridized carbons (Fsp3) is 0.188. The Balaban J connectivity index is 2.71. The molecule has 0 saturated heterocycles. The van der Waals surface area contributed by atoms with Gasteiger partial charge in [0.2, 0.25) is 11.7 Å². The lowest BCUT2D eigenvalue weighted by molar-refractivity contribution is -0.125. The number of hydrogen-bond donors (Lipinski definition) is 0. The summed E-state index contributed by atoms with van der Waals surface area (Å²) in [6, 6.07) is 6.61. The molecule has 1 aliphatic carbocycles. The third-order valence-electron chi connectivity index (χ3n) is 3.35. The van der Waals surface area contributed by atoms with Crippen molar-refractivity contribution >= 4 is 33.4 Å². The van der Waals surface area contributed by atoms with Crippen LogP contribution >= 0.6 is 15.9 Å². The summed E-state index contributed by atoms with van der Waals surface area (Å²) < 4.78 is 0. The highest BCUT2D eigenvalue weighted by Gasteiger charge is 2.35. The van der Waals surface area contributed by atoms with E-state index < -0.39 is 0 Å². The molecule has 1 aliphatic rings. The van der Waals surface area contributed by atoms with Crippen molar-refractivity contribution < 1.29 is 14.4 Å². The quantitative estimate of drug-likeness (QED) is 0.790. The third kappa shape index (κ3) is 2.49. The molecule has 0 bridgehead atoms. The van der Waals surface area contributed by atoms with Gasteiger partial charge in [0.15, 0.2) is 5.78 Å². The Morgan fingerprint density at radius 3 is 2.19 bits per heavy atom. The first-order valence-electron chi connectivity index (χ1n) is 6.31. The Hall–Kier alpha value is -2.01. The number of halogens is 1. The monoisotopic (exact) mass is 347 g/mol. The van der Waals surface area contributed by atoms with Gasteiger partial charge in [0.25, 0.3) is 0 Å². The van der Waals surface area contributed by atoms with Crippen LogP contribution in [0.3, 0.4) is 0 Å². The molecule has 1 aromatic rings. The first-order valence-corrected chi connectivity index (χ1v) is 7.43. The molecule has 1 amide bonds. The van der Waals surface area contributed by atoms with Gasteiger partial charge in [-0.15, -0.1) is 0 Å². The van der Waals surface area contributed by atoms with Gasteiger partial charge < -0.3 is 4.90 Å². The van der Waals surface area contributed by atoms with Crippen LogP contribution in [0.4, 0.5) is 0 Å². The summed E-state index contributed by atoms with van der Waals surface area (Å²) >= 11 is 3.07. The number of ketones is 2. The van der Waals surface area contributed by atoms with Gasteiger partial charge in [0, 0.05) is 18.2 Å². The zero-order chi connectivity index (χ0) is 15.7. The molecule has 0 saturated carbocycles. The molecule has 0 aromatic heterocycles. The lowest BCUT2D eigenvalue weighted by Crippen LogP contribution is -2.36. The number of likely N-dealkylation sites (N-methyl/N-ethyl adjacent to an activating group) is 1. The molecule has 0 spiro atoms. The molecule has 0 heterocycles. The molecule has 0 radical (unpaired) electrons. The Morgan fingerprint density at radius 1 is 1.19 bits per heavy atom. The molecule has 1 aromatic carbocycles. The second kappa shape index (κ2) is 5.77. The van der Waals surface area contributed by atoms with Crippen LogP contribution in [-0.2, 0) is 4.79 Å². The van der Waals surface area contributed by atoms with Crippen LogP contribution in [0.15, 0.2) is 47.7 Å². The molecule has 0 unspecified atom stereocenters. The van der Waals surface area contributed by atoms with E-state index in [0.29, 0.717) is 16.7 Å². The Bertz CT molecular complexity index is 703. The number of amides is 1. The number of hydrogen-bond acceptors (Lipinski definition) is 3. The van der Waals surface area contributed by atoms with E-state index in [1.54, 1.807) is 31.2 Å². The van der Waals surface area contributed by atoms with Gasteiger partial charge in [0.1, 0.15) is 5.70 Å². The van der Waals surface area contributed by atoms with Crippen LogP contribution < -0.4 is 0 Å². The summed E-state index contributed by atoms with van der Waals surface area (Å²) in [4.78, 5) is 38.4. The Labute approximate surface area is 131 Å². The van der Waals surface area contributed by atoms with Crippen LogP contribution in [0.1, 0.15) is 27.6 Å². The Morgan fingerprint density at radius 2 is 1.71 bits per heavy atom. The molecule has 0 fully saturated rings. The number of allylic oxidation sites excluding steroid dienone is 3. The van der Waals surface area contributed by atoms with Crippen molar-refractivity contribution in [1.82, 2.24) is 4.90 Å². The minimum Gasteiger partial charge on any atom is -0.311 e. The van der Waals surface area contributed by atoms with E-state index in [9.17, 15) is 14.4 Å². The largest absolute Gasteiger partial charge is 0.311 e. The van der Waals surface area contributed by atoms with Crippen molar-refractivity contribution in [1.29, 1.82) is 0 Å². The van der Waals surface area contributed by atoms with E-state index in [2.05, 4.69) is 22.5 Å². The van der Waals surface area contributed by atoms with E-state index in [-0.39, 0.29) is 34.1 Å². The van der Waals surface area contributed by atoms with Crippen molar-refractivity contribution in [2.75, 3.05) is 12.4 Å². The van der Waals surface area contributed by atoms with Gasteiger partial charge in [-0.2, -0.15) is 0 Å². The molecule has 21 heavy (non-hydrogen) atoms. The van der Waals surface area contributed by atoms with Gasteiger partial charge in [-0.05, 0) is 12.5 Å². The van der Waals surface area contributed by atoms with Gasteiger partial charge >= 0.3 is 0 Å². The van der Waals surface area contributed by atoms with Gasteiger partial charge in [-0.25, -0.2) is 0 Å². The lowest BCUT2D eigenvalue weighted by Gasteiger charge is -2.27. The van der Waals surface area contributed by atoms with Crippen LogP contribution in [0.2, 0.25) is 0 Å². The fourth-order valence-electron chi connectivity index (χ4n) is 2.29.